The van der Waals surface area contributed by atoms with E-state index in [2.05, 4.69) is 44.2 Å². The van der Waals surface area contributed by atoms with E-state index in [1.807, 2.05) is 6.07 Å². The second kappa shape index (κ2) is 5.76. The third-order valence-corrected chi connectivity index (χ3v) is 3.58. The molecule has 2 rings (SSSR count). The molecule has 0 radical (unpaired) electrons. The van der Waals surface area contributed by atoms with Crippen LogP contribution >= 0.6 is 0 Å². The summed E-state index contributed by atoms with van der Waals surface area (Å²) in [6.45, 7) is 10.7. The first kappa shape index (κ1) is 16.0. The van der Waals surface area contributed by atoms with Gasteiger partial charge in [0, 0.05) is 18.5 Å². The van der Waals surface area contributed by atoms with Crippen molar-refractivity contribution in [3.05, 3.63) is 29.8 Å². The number of para-hydroxylation sites is 1. The molecule has 1 atom stereocenters. The van der Waals surface area contributed by atoms with Gasteiger partial charge >= 0.3 is 0 Å². The fourth-order valence-electron chi connectivity index (χ4n) is 2.94. The van der Waals surface area contributed by atoms with Crippen molar-refractivity contribution in [2.24, 2.45) is 11.1 Å². The number of halogens is 1. The lowest BCUT2D eigenvalue weighted by molar-refractivity contribution is 0.334. The summed E-state index contributed by atoms with van der Waals surface area (Å²) in [5.41, 5.74) is 7.75. The molecule has 1 aromatic carbocycles. The number of nitrogens with zero attached hydrogens (tertiary/aromatic N) is 2. The molecule has 0 saturated heterocycles. The fraction of sp³-hybridized carbons (Fsp3) is 0.588. The molecule has 0 bridgehead atoms. The molecule has 1 aromatic heterocycles. The van der Waals surface area contributed by atoms with Crippen molar-refractivity contribution in [2.75, 3.05) is 0 Å². The molecule has 1 unspecified atom stereocenters. The van der Waals surface area contributed by atoms with Crippen molar-refractivity contribution >= 4 is 11.0 Å². The van der Waals surface area contributed by atoms with Crippen LogP contribution in [-0.2, 0) is 6.42 Å². The SMILES string of the molecule is CC(C)n1c(CC(N)CC(C)(C)C)nc2c(F)cccc21. The lowest BCUT2D eigenvalue weighted by Crippen LogP contribution is -2.29. The van der Waals surface area contributed by atoms with Gasteiger partial charge in [-0.25, -0.2) is 9.37 Å². The average Bonchev–Trinajstić information content (AvgIpc) is 2.65. The van der Waals surface area contributed by atoms with E-state index in [-0.39, 0.29) is 23.3 Å². The van der Waals surface area contributed by atoms with E-state index in [4.69, 9.17) is 5.73 Å². The van der Waals surface area contributed by atoms with Crippen LogP contribution in [0.5, 0.6) is 0 Å². The molecule has 0 spiro atoms. The summed E-state index contributed by atoms with van der Waals surface area (Å²) in [6, 6.07) is 5.37. The zero-order valence-electron chi connectivity index (χ0n) is 13.7. The predicted molar refractivity (Wildman–Crippen MR) is 85.8 cm³/mol. The van der Waals surface area contributed by atoms with E-state index >= 15 is 0 Å². The minimum absolute atomic E-state index is 0.0300. The van der Waals surface area contributed by atoms with Gasteiger partial charge in [-0.2, -0.15) is 0 Å². The van der Waals surface area contributed by atoms with E-state index in [0.29, 0.717) is 11.9 Å². The maximum Gasteiger partial charge on any atom is 0.151 e. The van der Waals surface area contributed by atoms with Crippen LogP contribution in [0.2, 0.25) is 0 Å². The molecule has 0 fully saturated rings. The van der Waals surface area contributed by atoms with Crippen LogP contribution in [0.15, 0.2) is 18.2 Å². The molecule has 0 aliphatic rings. The number of aromatic nitrogens is 2. The number of rotatable bonds is 4. The molecular weight excluding hydrogens is 265 g/mol. The Morgan fingerprint density at radius 2 is 1.95 bits per heavy atom. The van der Waals surface area contributed by atoms with Gasteiger partial charge in [-0.05, 0) is 37.8 Å². The lowest BCUT2D eigenvalue weighted by atomic mass is 9.87. The standard InChI is InChI=1S/C17H26FN3/c1-11(2)21-14-8-6-7-13(18)16(14)20-15(21)9-12(19)10-17(3,4)5/h6-8,11-12H,9-10,19H2,1-5H3. The zero-order chi connectivity index (χ0) is 15.8. The van der Waals surface area contributed by atoms with E-state index in [1.165, 1.54) is 6.07 Å². The summed E-state index contributed by atoms with van der Waals surface area (Å²) < 4.78 is 16.0. The predicted octanol–water partition coefficient (Wildman–Crippen LogP) is 4.06. The smallest absolute Gasteiger partial charge is 0.151 e. The molecular formula is C17H26FN3. The summed E-state index contributed by atoms with van der Waals surface area (Å²) in [5.74, 6) is 0.611. The molecule has 0 aliphatic heterocycles. The highest BCUT2D eigenvalue weighted by atomic mass is 19.1. The molecule has 0 aliphatic carbocycles. The molecule has 21 heavy (non-hydrogen) atoms. The Morgan fingerprint density at radius 3 is 2.52 bits per heavy atom. The Labute approximate surface area is 126 Å². The average molecular weight is 291 g/mol. The highest BCUT2D eigenvalue weighted by Gasteiger charge is 2.21. The number of imidazole rings is 1. The third kappa shape index (κ3) is 3.62. The Balaban J connectivity index is 2.39. The van der Waals surface area contributed by atoms with Crippen LogP contribution in [0.4, 0.5) is 4.39 Å². The van der Waals surface area contributed by atoms with Crippen LogP contribution in [0.25, 0.3) is 11.0 Å². The lowest BCUT2D eigenvalue weighted by Gasteiger charge is -2.23. The molecule has 0 saturated carbocycles. The van der Waals surface area contributed by atoms with Gasteiger partial charge in [-0.1, -0.05) is 26.8 Å². The summed E-state index contributed by atoms with van der Waals surface area (Å²) in [6.07, 6.45) is 1.58. The van der Waals surface area contributed by atoms with E-state index < -0.39 is 0 Å². The number of fused-ring (bicyclic) bond motifs is 1. The monoisotopic (exact) mass is 291 g/mol. The van der Waals surface area contributed by atoms with E-state index in [9.17, 15) is 4.39 Å². The fourth-order valence-corrected chi connectivity index (χ4v) is 2.94. The maximum absolute atomic E-state index is 13.9. The Kier molecular flexibility index (Phi) is 4.38. The molecule has 1 heterocycles. The summed E-state index contributed by atoms with van der Waals surface area (Å²) in [7, 11) is 0. The minimum Gasteiger partial charge on any atom is -0.327 e. The van der Waals surface area contributed by atoms with Gasteiger partial charge in [0.25, 0.3) is 0 Å². The third-order valence-electron chi connectivity index (χ3n) is 3.58. The van der Waals surface area contributed by atoms with Crippen LogP contribution < -0.4 is 5.73 Å². The van der Waals surface area contributed by atoms with E-state index in [0.717, 1.165) is 17.8 Å². The molecule has 3 nitrogen and oxygen atoms in total. The number of benzene rings is 1. The van der Waals surface area contributed by atoms with Crippen molar-refractivity contribution in [1.29, 1.82) is 0 Å². The summed E-state index contributed by atoms with van der Waals surface area (Å²) in [4.78, 5) is 4.51. The second-order valence-electron chi connectivity index (χ2n) is 7.33. The van der Waals surface area contributed by atoms with Gasteiger partial charge in [0.05, 0.1) is 5.52 Å². The van der Waals surface area contributed by atoms with Crippen LogP contribution in [0, 0.1) is 11.2 Å². The molecule has 0 amide bonds. The van der Waals surface area contributed by atoms with Crippen molar-refractivity contribution in [3.63, 3.8) is 0 Å². The van der Waals surface area contributed by atoms with Crippen molar-refractivity contribution in [1.82, 2.24) is 9.55 Å². The first-order valence-electron chi connectivity index (χ1n) is 7.60. The quantitative estimate of drug-likeness (QED) is 0.923. The van der Waals surface area contributed by atoms with Gasteiger partial charge in [0.15, 0.2) is 5.82 Å². The molecule has 2 N–H and O–H groups in total. The Bertz CT molecular complexity index is 623. The normalized spacial score (nSPS) is 14.1. The van der Waals surface area contributed by atoms with Gasteiger partial charge in [-0.3, -0.25) is 0 Å². The van der Waals surface area contributed by atoms with Crippen LogP contribution in [-0.4, -0.2) is 15.6 Å². The number of nitrogens with two attached hydrogens (primary N) is 1. The topological polar surface area (TPSA) is 43.8 Å². The first-order valence-corrected chi connectivity index (χ1v) is 7.60. The summed E-state index contributed by atoms with van der Waals surface area (Å²) in [5, 5.41) is 0. The largest absolute Gasteiger partial charge is 0.327 e. The van der Waals surface area contributed by atoms with Crippen molar-refractivity contribution in [3.8, 4) is 0 Å². The Morgan fingerprint density at radius 1 is 1.29 bits per heavy atom. The molecule has 4 heteroatoms. The number of hydrogen-bond acceptors (Lipinski definition) is 2. The van der Waals surface area contributed by atoms with Gasteiger partial charge in [-0.15, -0.1) is 0 Å². The number of hydrogen-bond donors (Lipinski definition) is 1. The van der Waals surface area contributed by atoms with Crippen molar-refractivity contribution in [2.45, 2.75) is 59.5 Å². The van der Waals surface area contributed by atoms with Gasteiger partial charge in [0.1, 0.15) is 11.3 Å². The van der Waals surface area contributed by atoms with Crippen LogP contribution in [0.1, 0.15) is 52.9 Å². The second-order valence-corrected chi connectivity index (χ2v) is 7.33. The van der Waals surface area contributed by atoms with Gasteiger partial charge < -0.3 is 10.3 Å². The molecule has 2 aromatic rings. The zero-order valence-corrected chi connectivity index (χ0v) is 13.7. The minimum atomic E-state index is -0.266. The van der Waals surface area contributed by atoms with Crippen molar-refractivity contribution < 1.29 is 4.39 Å². The van der Waals surface area contributed by atoms with Crippen LogP contribution in [0.3, 0.4) is 0 Å². The molecule has 116 valence electrons. The highest BCUT2D eigenvalue weighted by Crippen LogP contribution is 2.26. The van der Waals surface area contributed by atoms with Gasteiger partial charge in [0.2, 0.25) is 0 Å². The highest BCUT2D eigenvalue weighted by molar-refractivity contribution is 5.76. The summed E-state index contributed by atoms with van der Waals surface area (Å²) >= 11 is 0. The Hall–Kier alpha value is -1.42. The maximum atomic E-state index is 13.9. The first-order chi connectivity index (χ1) is 9.69. The van der Waals surface area contributed by atoms with E-state index in [1.54, 1.807) is 6.07 Å².